The summed E-state index contributed by atoms with van der Waals surface area (Å²) in [6, 6.07) is -0.735. The van der Waals surface area contributed by atoms with Crippen LogP contribution in [0.1, 0.15) is 39.5 Å². The van der Waals surface area contributed by atoms with Crippen LogP contribution < -0.4 is 5.32 Å². The summed E-state index contributed by atoms with van der Waals surface area (Å²) < 4.78 is 0. The van der Waals surface area contributed by atoms with Gasteiger partial charge in [0.25, 0.3) is 0 Å². The van der Waals surface area contributed by atoms with Gasteiger partial charge in [-0.2, -0.15) is 0 Å². The minimum atomic E-state index is -0.937. The standard InChI is InChI=1S/C11H19NO3/c1-3-7(2)10(11(14)15)12-9(13)6-8-4-5-8/h7-8,10H,3-6H2,1-2H3,(H,12,13)(H,14,15)/t7-,10-/m0/s1. The minimum Gasteiger partial charge on any atom is -0.480 e. The predicted molar refractivity (Wildman–Crippen MR) is 56.4 cm³/mol. The van der Waals surface area contributed by atoms with Crippen LogP contribution in [0.2, 0.25) is 0 Å². The van der Waals surface area contributed by atoms with Crippen LogP contribution in [0, 0.1) is 11.8 Å². The molecule has 1 fully saturated rings. The van der Waals surface area contributed by atoms with Gasteiger partial charge in [0.2, 0.25) is 5.91 Å². The molecular formula is C11H19NO3. The number of carbonyl (C=O) groups excluding carboxylic acids is 1. The molecule has 1 aliphatic rings. The van der Waals surface area contributed by atoms with E-state index < -0.39 is 12.0 Å². The highest BCUT2D eigenvalue weighted by Gasteiger charge is 2.29. The van der Waals surface area contributed by atoms with Gasteiger partial charge in [-0.1, -0.05) is 20.3 Å². The number of carbonyl (C=O) groups is 2. The zero-order chi connectivity index (χ0) is 11.4. The van der Waals surface area contributed by atoms with E-state index in [9.17, 15) is 9.59 Å². The number of nitrogens with one attached hydrogen (secondary N) is 1. The predicted octanol–water partition coefficient (Wildman–Crippen LogP) is 1.40. The van der Waals surface area contributed by atoms with Crippen molar-refractivity contribution in [1.82, 2.24) is 5.32 Å². The molecule has 1 amide bonds. The van der Waals surface area contributed by atoms with E-state index in [0.29, 0.717) is 12.3 Å². The molecular weight excluding hydrogens is 194 g/mol. The summed E-state index contributed by atoms with van der Waals surface area (Å²) in [4.78, 5) is 22.4. The molecule has 0 radical (unpaired) electrons. The van der Waals surface area contributed by atoms with Crippen LogP contribution in [0.4, 0.5) is 0 Å². The summed E-state index contributed by atoms with van der Waals surface area (Å²) >= 11 is 0. The Morgan fingerprint density at radius 2 is 2.07 bits per heavy atom. The molecule has 4 heteroatoms. The lowest BCUT2D eigenvalue weighted by Gasteiger charge is -2.19. The Kier molecular flexibility index (Phi) is 4.12. The van der Waals surface area contributed by atoms with Gasteiger partial charge in [-0.05, 0) is 24.7 Å². The van der Waals surface area contributed by atoms with E-state index in [2.05, 4.69) is 5.32 Å². The van der Waals surface area contributed by atoms with Crippen molar-refractivity contribution in [2.24, 2.45) is 11.8 Å². The van der Waals surface area contributed by atoms with E-state index in [1.54, 1.807) is 0 Å². The fourth-order valence-corrected chi connectivity index (χ4v) is 1.50. The molecule has 2 N–H and O–H groups in total. The maximum atomic E-state index is 11.5. The molecule has 2 atom stereocenters. The Hall–Kier alpha value is -1.06. The van der Waals surface area contributed by atoms with Crippen molar-refractivity contribution in [2.45, 2.75) is 45.6 Å². The SMILES string of the molecule is CC[C@H](C)[C@H](NC(=O)CC1CC1)C(=O)O. The van der Waals surface area contributed by atoms with Gasteiger partial charge in [0.15, 0.2) is 0 Å². The lowest BCUT2D eigenvalue weighted by Crippen LogP contribution is -2.45. The van der Waals surface area contributed by atoms with Gasteiger partial charge >= 0.3 is 5.97 Å². The van der Waals surface area contributed by atoms with Crippen molar-refractivity contribution < 1.29 is 14.7 Å². The van der Waals surface area contributed by atoms with Gasteiger partial charge in [0.1, 0.15) is 6.04 Å². The molecule has 15 heavy (non-hydrogen) atoms. The Morgan fingerprint density at radius 3 is 2.47 bits per heavy atom. The van der Waals surface area contributed by atoms with Gasteiger partial charge < -0.3 is 10.4 Å². The van der Waals surface area contributed by atoms with E-state index in [1.165, 1.54) is 0 Å². The van der Waals surface area contributed by atoms with Crippen molar-refractivity contribution in [3.8, 4) is 0 Å². The minimum absolute atomic E-state index is 0.0225. The first kappa shape index (κ1) is 12.0. The van der Waals surface area contributed by atoms with Crippen LogP contribution in [0.25, 0.3) is 0 Å². The first-order chi connectivity index (χ1) is 7.04. The second-order valence-corrected chi connectivity index (χ2v) is 4.42. The summed E-state index contributed by atoms with van der Waals surface area (Å²) in [7, 11) is 0. The normalized spacial score (nSPS) is 19.3. The van der Waals surface area contributed by atoms with Crippen molar-refractivity contribution >= 4 is 11.9 Å². The third-order valence-corrected chi connectivity index (χ3v) is 2.97. The summed E-state index contributed by atoms with van der Waals surface area (Å²) in [5, 5.41) is 11.6. The fraction of sp³-hybridized carbons (Fsp3) is 0.818. The molecule has 0 aromatic rings. The summed E-state index contributed by atoms with van der Waals surface area (Å²) in [6.45, 7) is 3.77. The molecule has 1 aliphatic carbocycles. The fourth-order valence-electron chi connectivity index (χ4n) is 1.50. The largest absolute Gasteiger partial charge is 0.480 e. The number of amides is 1. The first-order valence-electron chi connectivity index (χ1n) is 5.56. The average Bonchev–Trinajstić information content (AvgIpc) is 2.96. The van der Waals surface area contributed by atoms with Crippen LogP contribution >= 0.6 is 0 Å². The van der Waals surface area contributed by atoms with Crippen molar-refractivity contribution in [3.63, 3.8) is 0 Å². The number of aliphatic carboxylic acids is 1. The van der Waals surface area contributed by atoms with Gasteiger partial charge in [-0.15, -0.1) is 0 Å². The van der Waals surface area contributed by atoms with Crippen LogP contribution in [0.5, 0.6) is 0 Å². The Balaban J connectivity index is 2.41. The molecule has 0 heterocycles. The number of rotatable bonds is 6. The van der Waals surface area contributed by atoms with Gasteiger partial charge in [-0.25, -0.2) is 4.79 Å². The molecule has 0 saturated heterocycles. The molecule has 86 valence electrons. The second kappa shape index (κ2) is 5.14. The van der Waals surface area contributed by atoms with Gasteiger partial charge in [0, 0.05) is 6.42 Å². The highest BCUT2D eigenvalue weighted by Crippen LogP contribution is 2.32. The molecule has 1 saturated carbocycles. The zero-order valence-electron chi connectivity index (χ0n) is 9.32. The lowest BCUT2D eigenvalue weighted by molar-refractivity contribution is -0.143. The Morgan fingerprint density at radius 1 is 1.47 bits per heavy atom. The molecule has 0 aromatic heterocycles. The highest BCUT2D eigenvalue weighted by molar-refractivity contribution is 5.83. The van der Waals surface area contributed by atoms with Gasteiger partial charge in [-0.3, -0.25) is 4.79 Å². The molecule has 0 aromatic carbocycles. The highest BCUT2D eigenvalue weighted by atomic mass is 16.4. The van der Waals surface area contributed by atoms with E-state index in [0.717, 1.165) is 19.3 Å². The van der Waals surface area contributed by atoms with Crippen LogP contribution in [0.3, 0.4) is 0 Å². The van der Waals surface area contributed by atoms with Crippen molar-refractivity contribution in [3.05, 3.63) is 0 Å². The smallest absolute Gasteiger partial charge is 0.326 e. The average molecular weight is 213 g/mol. The van der Waals surface area contributed by atoms with E-state index in [4.69, 9.17) is 5.11 Å². The summed E-state index contributed by atoms with van der Waals surface area (Å²) in [5.74, 6) is -0.583. The topological polar surface area (TPSA) is 66.4 Å². The second-order valence-electron chi connectivity index (χ2n) is 4.42. The number of carboxylic acid groups (broad SMARTS) is 1. The zero-order valence-corrected chi connectivity index (χ0v) is 9.32. The molecule has 0 aliphatic heterocycles. The quantitative estimate of drug-likeness (QED) is 0.701. The number of hydrogen-bond acceptors (Lipinski definition) is 2. The monoisotopic (exact) mass is 213 g/mol. The first-order valence-corrected chi connectivity index (χ1v) is 5.56. The molecule has 0 spiro atoms. The summed E-state index contributed by atoms with van der Waals surface area (Å²) in [6.07, 6.45) is 3.45. The molecule has 4 nitrogen and oxygen atoms in total. The maximum absolute atomic E-state index is 11.5. The maximum Gasteiger partial charge on any atom is 0.326 e. The van der Waals surface area contributed by atoms with Crippen LogP contribution in [0.15, 0.2) is 0 Å². The Bertz CT molecular complexity index is 248. The molecule has 0 unspecified atom stereocenters. The van der Waals surface area contributed by atoms with Crippen molar-refractivity contribution in [1.29, 1.82) is 0 Å². The van der Waals surface area contributed by atoms with Crippen LogP contribution in [-0.2, 0) is 9.59 Å². The summed E-state index contributed by atoms with van der Waals surface area (Å²) in [5.41, 5.74) is 0. The number of hydrogen-bond donors (Lipinski definition) is 2. The van der Waals surface area contributed by atoms with E-state index >= 15 is 0 Å². The molecule has 1 rings (SSSR count). The number of carboxylic acids is 1. The van der Waals surface area contributed by atoms with E-state index in [1.807, 2.05) is 13.8 Å². The lowest BCUT2D eigenvalue weighted by atomic mass is 9.99. The third-order valence-electron chi connectivity index (χ3n) is 2.97. The van der Waals surface area contributed by atoms with Crippen molar-refractivity contribution in [2.75, 3.05) is 0 Å². The van der Waals surface area contributed by atoms with E-state index in [-0.39, 0.29) is 11.8 Å². The Labute approximate surface area is 90.0 Å². The van der Waals surface area contributed by atoms with Gasteiger partial charge in [0.05, 0.1) is 0 Å². The third kappa shape index (κ3) is 3.90. The van der Waals surface area contributed by atoms with Crippen LogP contribution in [-0.4, -0.2) is 23.0 Å². The molecule has 0 bridgehead atoms.